The van der Waals surface area contributed by atoms with Gasteiger partial charge in [-0.15, -0.1) is 0 Å². The Labute approximate surface area is 166 Å². The number of hydrogen-bond acceptors (Lipinski definition) is 7. The van der Waals surface area contributed by atoms with E-state index in [-0.39, 0.29) is 22.7 Å². The van der Waals surface area contributed by atoms with E-state index < -0.39 is 5.63 Å². The van der Waals surface area contributed by atoms with E-state index >= 15 is 0 Å². The molecule has 3 aromatic rings. The molecule has 2 aromatic carbocycles. The second kappa shape index (κ2) is 7.01. The SMILES string of the molecule is COc1cc(/C=C2/Oc3ccc4c(C)cc(=O)oc4c3C2=O)cc(OC)c1OC. The van der Waals surface area contributed by atoms with Gasteiger partial charge in [-0.3, -0.25) is 4.79 Å². The Balaban J connectivity index is 1.84. The van der Waals surface area contributed by atoms with Crippen molar-refractivity contribution in [3.05, 3.63) is 63.2 Å². The molecule has 0 bridgehead atoms. The highest BCUT2D eigenvalue weighted by Gasteiger charge is 2.31. The van der Waals surface area contributed by atoms with Crippen LogP contribution in [0, 0.1) is 6.92 Å². The second-order valence-corrected chi connectivity index (χ2v) is 6.46. The van der Waals surface area contributed by atoms with Crippen LogP contribution in [0.4, 0.5) is 0 Å². The Morgan fingerprint density at radius 1 is 0.931 bits per heavy atom. The van der Waals surface area contributed by atoms with Gasteiger partial charge in [-0.25, -0.2) is 4.79 Å². The lowest BCUT2D eigenvalue weighted by molar-refractivity contribution is 0.101. The van der Waals surface area contributed by atoms with Crippen LogP contribution in [-0.2, 0) is 0 Å². The first kappa shape index (κ1) is 18.6. The Hall–Kier alpha value is -3.74. The maximum absolute atomic E-state index is 13.0. The van der Waals surface area contributed by atoms with E-state index in [0.717, 1.165) is 5.56 Å². The molecule has 0 fully saturated rings. The first-order valence-electron chi connectivity index (χ1n) is 8.78. The average Bonchev–Trinajstić information content (AvgIpc) is 3.02. The molecule has 0 N–H and O–H groups in total. The zero-order valence-corrected chi connectivity index (χ0v) is 16.3. The summed E-state index contributed by atoms with van der Waals surface area (Å²) in [6, 6.07) is 8.26. The van der Waals surface area contributed by atoms with Gasteiger partial charge in [0.25, 0.3) is 0 Å². The number of Topliss-reactive ketones (excluding diaryl/α,β-unsaturated/α-hetero) is 1. The summed E-state index contributed by atoms with van der Waals surface area (Å²) >= 11 is 0. The lowest BCUT2D eigenvalue weighted by Crippen LogP contribution is -2.02. The van der Waals surface area contributed by atoms with E-state index in [2.05, 4.69) is 0 Å². The van der Waals surface area contributed by atoms with Crippen molar-refractivity contribution in [3.8, 4) is 23.0 Å². The van der Waals surface area contributed by atoms with Crippen molar-refractivity contribution in [2.75, 3.05) is 21.3 Å². The predicted molar refractivity (Wildman–Crippen MR) is 106 cm³/mol. The number of hydrogen-bond donors (Lipinski definition) is 0. The van der Waals surface area contributed by atoms with Gasteiger partial charge in [0, 0.05) is 11.5 Å². The topological polar surface area (TPSA) is 84.2 Å². The summed E-state index contributed by atoms with van der Waals surface area (Å²) < 4.78 is 27.1. The number of allylic oxidation sites excluding steroid dienone is 1. The number of ether oxygens (including phenoxy) is 4. The molecule has 7 nitrogen and oxygen atoms in total. The molecule has 0 amide bonds. The standard InChI is InChI=1S/C22H18O7/c1-11-7-18(23)29-21-13(11)5-6-14-19(21)20(24)15(28-14)8-12-9-16(25-2)22(27-4)17(10-12)26-3/h5-10H,1-4H3/b15-8+. The molecule has 1 aromatic heterocycles. The normalized spacial score (nSPS) is 14.1. The molecule has 148 valence electrons. The van der Waals surface area contributed by atoms with Crippen molar-refractivity contribution in [1.82, 2.24) is 0 Å². The van der Waals surface area contributed by atoms with Crippen LogP contribution in [0.2, 0.25) is 0 Å². The molecule has 7 heteroatoms. The fraction of sp³-hybridized carbons (Fsp3) is 0.182. The summed E-state index contributed by atoms with van der Waals surface area (Å²) in [5, 5.41) is 0.689. The highest BCUT2D eigenvalue weighted by Crippen LogP contribution is 2.41. The molecule has 0 spiro atoms. The molecule has 0 unspecified atom stereocenters. The van der Waals surface area contributed by atoms with Crippen LogP contribution < -0.4 is 24.6 Å². The van der Waals surface area contributed by atoms with E-state index in [1.165, 1.54) is 27.4 Å². The van der Waals surface area contributed by atoms with Gasteiger partial charge in [-0.05, 0) is 48.4 Å². The van der Waals surface area contributed by atoms with Crippen molar-refractivity contribution < 1.29 is 28.2 Å². The van der Waals surface area contributed by atoms with Gasteiger partial charge in [0.2, 0.25) is 11.5 Å². The van der Waals surface area contributed by atoms with Crippen molar-refractivity contribution in [1.29, 1.82) is 0 Å². The van der Waals surface area contributed by atoms with E-state index in [0.29, 0.717) is 33.9 Å². The predicted octanol–water partition coefficient (Wildman–Crippen LogP) is 3.74. The lowest BCUT2D eigenvalue weighted by atomic mass is 10.0. The summed E-state index contributed by atoms with van der Waals surface area (Å²) in [4.78, 5) is 24.8. The minimum absolute atomic E-state index is 0.103. The molecule has 0 saturated heterocycles. The van der Waals surface area contributed by atoms with E-state index in [9.17, 15) is 9.59 Å². The summed E-state index contributed by atoms with van der Waals surface area (Å²) in [5.41, 5.74) is 1.30. The quantitative estimate of drug-likeness (QED) is 0.492. The van der Waals surface area contributed by atoms with E-state index in [1.807, 2.05) is 0 Å². The van der Waals surface area contributed by atoms with Crippen molar-refractivity contribution in [2.24, 2.45) is 0 Å². The number of benzene rings is 2. The molecular weight excluding hydrogens is 376 g/mol. The van der Waals surface area contributed by atoms with Crippen LogP contribution in [0.3, 0.4) is 0 Å². The van der Waals surface area contributed by atoms with Crippen LogP contribution in [0.15, 0.2) is 45.3 Å². The van der Waals surface area contributed by atoms with Crippen molar-refractivity contribution in [3.63, 3.8) is 0 Å². The summed E-state index contributed by atoms with van der Waals surface area (Å²) in [6.07, 6.45) is 1.58. The number of carbonyl (C=O) groups is 1. The highest BCUT2D eigenvalue weighted by atomic mass is 16.5. The minimum Gasteiger partial charge on any atom is -0.493 e. The van der Waals surface area contributed by atoms with Crippen molar-refractivity contribution >= 4 is 22.8 Å². The first-order valence-corrected chi connectivity index (χ1v) is 8.78. The smallest absolute Gasteiger partial charge is 0.336 e. The number of methoxy groups -OCH3 is 3. The molecule has 1 aliphatic rings. The van der Waals surface area contributed by atoms with Crippen molar-refractivity contribution in [2.45, 2.75) is 6.92 Å². The number of fused-ring (bicyclic) bond motifs is 3. The lowest BCUT2D eigenvalue weighted by Gasteiger charge is -2.13. The number of carbonyl (C=O) groups excluding carboxylic acids is 1. The largest absolute Gasteiger partial charge is 0.493 e. The highest BCUT2D eigenvalue weighted by molar-refractivity contribution is 6.20. The van der Waals surface area contributed by atoms with Crippen LogP contribution in [0.1, 0.15) is 21.5 Å². The Morgan fingerprint density at radius 2 is 1.62 bits per heavy atom. The number of ketones is 1. The number of rotatable bonds is 4. The molecule has 0 radical (unpaired) electrons. The van der Waals surface area contributed by atoms with Gasteiger partial charge >= 0.3 is 5.63 Å². The maximum Gasteiger partial charge on any atom is 0.336 e. The molecule has 2 heterocycles. The molecule has 4 rings (SSSR count). The Bertz CT molecular complexity index is 1210. The first-order chi connectivity index (χ1) is 14.0. The fourth-order valence-electron chi connectivity index (χ4n) is 3.38. The third kappa shape index (κ3) is 3.00. The van der Waals surface area contributed by atoms with E-state index in [4.69, 9.17) is 23.4 Å². The molecule has 1 aliphatic heterocycles. The molecule has 0 saturated carbocycles. The molecule has 0 aliphatic carbocycles. The minimum atomic E-state index is -0.516. The van der Waals surface area contributed by atoms with Crippen LogP contribution in [-0.4, -0.2) is 27.1 Å². The Morgan fingerprint density at radius 3 is 2.24 bits per heavy atom. The monoisotopic (exact) mass is 394 g/mol. The van der Waals surface area contributed by atoms with Gasteiger partial charge in [-0.1, -0.05) is 0 Å². The van der Waals surface area contributed by atoms with Crippen LogP contribution in [0.5, 0.6) is 23.0 Å². The van der Waals surface area contributed by atoms with Gasteiger partial charge in [-0.2, -0.15) is 0 Å². The summed E-state index contributed by atoms with van der Waals surface area (Å²) in [5.74, 6) is 1.43. The number of aryl methyl sites for hydroxylation is 1. The van der Waals surface area contributed by atoms with Gasteiger partial charge in [0.1, 0.15) is 11.3 Å². The third-order valence-electron chi connectivity index (χ3n) is 4.74. The zero-order valence-electron chi connectivity index (χ0n) is 16.3. The van der Waals surface area contributed by atoms with Gasteiger partial charge in [0.15, 0.2) is 22.8 Å². The Kier molecular flexibility index (Phi) is 4.50. The fourth-order valence-corrected chi connectivity index (χ4v) is 3.38. The van der Waals surface area contributed by atoms with Crippen LogP contribution in [0.25, 0.3) is 17.0 Å². The zero-order chi connectivity index (χ0) is 20.7. The average molecular weight is 394 g/mol. The molecule has 29 heavy (non-hydrogen) atoms. The summed E-state index contributed by atoms with van der Waals surface area (Å²) in [7, 11) is 4.54. The van der Waals surface area contributed by atoms with Gasteiger partial charge < -0.3 is 23.4 Å². The van der Waals surface area contributed by atoms with Gasteiger partial charge in [0.05, 0.1) is 21.3 Å². The molecule has 0 atom stereocenters. The second-order valence-electron chi connectivity index (χ2n) is 6.46. The van der Waals surface area contributed by atoms with Crippen LogP contribution >= 0.6 is 0 Å². The summed E-state index contributed by atoms with van der Waals surface area (Å²) in [6.45, 7) is 1.79. The third-order valence-corrected chi connectivity index (χ3v) is 4.74. The molecular formula is C22H18O7. The van der Waals surface area contributed by atoms with E-state index in [1.54, 1.807) is 37.3 Å². The maximum atomic E-state index is 13.0.